The van der Waals surface area contributed by atoms with Crippen molar-refractivity contribution in [3.8, 4) is 5.75 Å². The van der Waals surface area contributed by atoms with Gasteiger partial charge in [-0.05, 0) is 44.0 Å². The number of aryl methyl sites for hydroxylation is 1. The molecule has 1 amide bonds. The minimum atomic E-state index is -0.953. The molecule has 0 fully saturated rings. The van der Waals surface area contributed by atoms with Crippen LogP contribution in [0, 0.1) is 0 Å². The lowest BCUT2D eigenvalue weighted by Crippen LogP contribution is -2.27. The van der Waals surface area contributed by atoms with Gasteiger partial charge in [-0.15, -0.1) is 0 Å². The predicted molar refractivity (Wildman–Crippen MR) is 95.9 cm³/mol. The van der Waals surface area contributed by atoms with Gasteiger partial charge >= 0.3 is 5.97 Å². The number of carboxylic acids is 1. The third-order valence-electron chi connectivity index (χ3n) is 3.90. The Morgan fingerprint density at radius 1 is 1.12 bits per heavy atom. The van der Waals surface area contributed by atoms with Gasteiger partial charge in [-0.2, -0.15) is 0 Å². The second kappa shape index (κ2) is 8.87. The molecule has 0 saturated carbocycles. The average molecular weight is 341 g/mol. The van der Waals surface area contributed by atoms with E-state index in [0.29, 0.717) is 19.4 Å². The Bertz CT molecular complexity index is 725. The minimum absolute atomic E-state index is 0.0545. The molecule has 132 valence electrons. The number of aromatic carboxylic acids is 1. The van der Waals surface area contributed by atoms with Crippen molar-refractivity contribution < 1.29 is 19.4 Å². The van der Waals surface area contributed by atoms with Crippen LogP contribution in [0.3, 0.4) is 0 Å². The molecule has 0 heterocycles. The van der Waals surface area contributed by atoms with Crippen molar-refractivity contribution in [1.82, 2.24) is 5.32 Å². The van der Waals surface area contributed by atoms with Gasteiger partial charge in [0.15, 0.2) is 0 Å². The van der Waals surface area contributed by atoms with Gasteiger partial charge in [-0.1, -0.05) is 30.3 Å². The molecule has 0 aliphatic rings. The van der Waals surface area contributed by atoms with E-state index in [1.54, 1.807) is 24.3 Å². The van der Waals surface area contributed by atoms with Crippen LogP contribution in [0.1, 0.15) is 47.8 Å². The van der Waals surface area contributed by atoms with E-state index in [0.717, 1.165) is 16.9 Å². The molecule has 0 aliphatic heterocycles. The Morgan fingerprint density at radius 2 is 1.80 bits per heavy atom. The minimum Gasteiger partial charge on any atom is -0.494 e. The number of para-hydroxylation sites is 1. The molecule has 0 bridgehead atoms. The van der Waals surface area contributed by atoms with Crippen LogP contribution in [0.2, 0.25) is 0 Å². The lowest BCUT2D eigenvalue weighted by Gasteiger charge is -2.18. The van der Waals surface area contributed by atoms with Gasteiger partial charge in [-0.3, -0.25) is 4.79 Å². The first-order valence-corrected chi connectivity index (χ1v) is 8.34. The van der Waals surface area contributed by atoms with Crippen LogP contribution in [-0.2, 0) is 11.2 Å². The summed E-state index contributed by atoms with van der Waals surface area (Å²) in [6, 6.07) is 14.1. The van der Waals surface area contributed by atoms with E-state index < -0.39 is 5.97 Å². The van der Waals surface area contributed by atoms with Crippen LogP contribution >= 0.6 is 0 Å². The molecule has 0 spiro atoms. The zero-order valence-electron chi connectivity index (χ0n) is 14.5. The van der Waals surface area contributed by atoms with E-state index in [1.807, 2.05) is 38.1 Å². The maximum Gasteiger partial charge on any atom is 0.335 e. The maximum absolute atomic E-state index is 12.2. The number of amides is 1. The molecule has 2 rings (SSSR count). The highest BCUT2D eigenvalue weighted by atomic mass is 16.5. The molecule has 1 atom stereocenters. The van der Waals surface area contributed by atoms with Crippen molar-refractivity contribution in [3.63, 3.8) is 0 Å². The molecule has 0 radical (unpaired) electrons. The number of carbonyl (C=O) groups excluding carboxylic acids is 1. The fourth-order valence-electron chi connectivity index (χ4n) is 2.59. The van der Waals surface area contributed by atoms with Crippen LogP contribution in [0.25, 0.3) is 0 Å². The van der Waals surface area contributed by atoms with Crippen molar-refractivity contribution in [1.29, 1.82) is 0 Å². The fraction of sp³-hybridized carbons (Fsp3) is 0.300. The van der Waals surface area contributed by atoms with Gasteiger partial charge in [0.1, 0.15) is 5.75 Å². The predicted octanol–water partition coefficient (Wildman–Crippen LogP) is 3.59. The first-order valence-electron chi connectivity index (χ1n) is 8.34. The molecule has 2 aromatic carbocycles. The second-order valence-electron chi connectivity index (χ2n) is 5.76. The highest BCUT2D eigenvalue weighted by Crippen LogP contribution is 2.24. The number of hydrogen-bond donors (Lipinski definition) is 2. The quantitative estimate of drug-likeness (QED) is 0.769. The molecule has 5 heteroatoms. The Labute approximate surface area is 147 Å². The highest BCUT2D eigenvalue weighted by Gasteiger charge is 2.14. The number of benzene rings is 2. The van der Waals surface area contributed by atoms with E-state index >= 15 is 0 Å². The van der Waals surface area contributed by atoms with Crippen LogP contribution in [0.5, 0.6) is 5.75 Å². The summed E-state index contributed by atoms with van der Waals surface area (Å²) < 4.78 is 5.60. The zero-order valence-corrected chi connectivity index (χ0v) is 14.5. The van der Waals surface area contributed by atoms with E-state index in [9.17, 15) is 9.59 Å². The van der Waals surface area contributed by atoms with Gasteiger partial charge < -0.3 is 15.2 Å². The third kappa shape index (κ3) is 5.35. The molecule has 1 unspecified atom stereocenters. The van der Waals surface area contributed by atoms with Gasteiger partial charge in [0, 0.05) is 12.0 Å². The molecular formula is C20H23NO4. The third-order valence-corrected chi connectivity index (χ3v) is 3.90. The van der Waals surface area contributed by atoms with Crippen molar-refractivity contribution >= 4 is 11.9 Å². The largest absolute Gasteiger partial charge is 0.494 e. The molecule has 0 aliphatic carbocycles. The van der Waals surface area contributed by atoms with E-state index in [-0.39, 0.29) is 17.5 Å². The number of ether oxygens (including phenoxy) is 1. The Morgan fingerprint density at radius 3 is 2.44 bits per heavy atom. The standard InChI is InChI=1S/C20H23NO4/c1-3-25-18-7-5-4-6-17(18)14(2)21-19(22)13-10-15-8-11-16(12-9-15)20(23)24/h4-9,11-12,14H,3,10,13H2,1-2H3,(H,21,22)(H,23,24). The number of hydrogen-bond acceptors (Lipinski definition) is 3. The van der Waals surface area contributed by atoms with Crippen molar-refractivity contribution in [2.24, 2.45) is 0 Å². The van der Waals surface area contributed by atoms with Crippen LogP contribution in [-0.4, -0.2) is 23.6 Å². The lowest BCUT2D eigenvalue weighted by atomic mass is 10.1. The first kappa shape index (κ1) is 18.5. The van der Waals surface area contributed by atoms with Crippen LogP contribution in [0.15, 0.2) is 48.5 Å². The molecule has 0 aromatic heterocycles. The van der Waals surface area contributed by atoms with E-state index in [2.05, 4.69) is 5.32 Å². The molecule has 25 heavy (non-hydrogen) atoms. The Kier molecular flexibility index (Phi) is 6.57. The average Bonchev–Trinajstić information content (AvgIpc) is 2.61. The number of carbonyl (C=O) groups is 2. The number of nitrogens with one attached hydrogen (secondary N) is 1. The van der Waals surface area contributed by atoms with Gasteiger partial charge in [-0.25, -0.2) is 4.79 Å². The topological polar surface area (TPSA) is 75.6 Å². The van der Waals surface area contributed by atoms with Crippen LogP contribution < -0.4 is 10.1 Å². The normalized spacial score (nSPS) is 11.6. The molecule has 2 aromatic rings. The summed E-state index contributed by atoms with van der Waals surface area (Å²) >= 11 is 0. The summed E-state index contributed by atoms with van der Waals surface area (Å²) in [7, 11) is 0. The summed E-state index contributed by atoms with van der Waals surface area (Å²) in [6.45, 7) is 4.43. The SMILES string of the molecule is CCOc1ccccc1C(C)NC(=O)CCc1ccc(C(=O)O)cc1. The Hall–Kier alpha value is -2.82. The maximum atomic E-state index is 12.2. The summed E-state index contributed by atoms with van der Waals surface area (Å²) in [5.74, 6) is -0.228. The lowest BCUT2D eigenvalue weighted by molar-refractivity contribution is -0.121. The summed E-state index contributed by atoms with van der Waals surface area (Å²) in [5, 5.41) is 11.9. The van der Waals surface area contributed by atoms with Gasteiger partial charge in [0.05, 0.1) is 18.2 Å². The zero-order chi connectivity index (χ0) is 18.2. The number of rotatable bonds is 8. The van der Waals surface area contributed by atoms with Crippen molar-refractivity contribution in [3.05, 3.63) is 65.2 Å². The smallest absolute Gasteiger partial charge is 0.335 e. The number of carboxylic acid groups (broad SMARTS) is 1. The van der Waals surface area contributed by atoms with E-state index in [1.165, 1.54) is 0 Å². The highest BCUT2D eigenvalue weighted by molar-refractivity contribution is 5.87. The van der Waals surface area contributed by atoms with E-state index in [4.69, 9.17) is 9.84 Å². The Balaban J connectivity index is 1.90. The summed E-state index contributed by atoms with van der Waals surface area (Å²) in [6.07, 6.45) is 0.902. The van der Waals surface area contributed by atoms with Crippen molar-refractivity contribution in [2.75, 3.05) is 6.61 Å². The van der Waals surface area contributed by atoms with Crippen molar-refractivity contribution in [2.45, 2.75) is 32.7 Å². The second-order valence-corrected chi connectivity index (χ2v) is 5.76. The molecule has 5 nitrogen and oxygen atoms in total. The van der Waals surface area contributed by atoms with Gasteiger partial charge in [0.2, 0.25) is 5.91 Å². The summed E-state index contributed by atoms with van der Waals surface area (Å²) in [5.41, 5.74) is 2.13. The summed E-state index contributed by atoms with van der Waals surface area (Å²) in [4.78, 5) is 23.0. The monoisotopic (exact) mass is 341 g/mol. The first-order chi connectivity index (χ1) is 12.0. The molecule has 0 saturated heterocycles. The molecule has 2 N–H and O–H groups in total. The van der Waals surface area contributed by atoms with Crippen LogP contribution in [0.4, 0.5) is 0 Å². The molecular weight excluding hydrogens is 318 g/mol. The van der Waals surface area contributed by atoms with Gasteiger partial charge in [0.25, 0.3) is 0 Å². The fourth-order valence-corrected chi connectivity index (χ4v) is 2.59.